The maximum Gasteiger partial charge on any atom is 0.0795 e. The summed E-state index contributed by atoms with van der Waals surface area (Å²) in [6, 6.07) is 0. The highest BCUT2D eigenvalue weighted by Gasteiger charge is 2.34. The topological polar surface area (TPSA) is 35.5 Å². The van der Waals surface area contributed by atoms with Crippen LogP contribution >= 0.6 is 0 Å². The molecular formula is C11H24N2O. The van der Waals surface area contributed by atoms with Crippen molar-refractivity contribution in [2.24, 2.45) is 0 Å². The summed E-state index contributed by atoms with van der Waals surface area (Å²) < 4.78 is 0. The molecule has 0 aromatic rings. The minimum atomic E-state index is -0.476. The lowest BCUT2D eigenvalue weighted by Crippen LogP contribution is -2.54. The number of nitrogens with zero attached hydrogens (tertiary/aromatic N) is 1. The van der Waals surface area contributed by atoms with E-state index in [2.05, 4.69) is 31.0 Å². The standard InChI is InChI=1S/C11H24N2O/c1-10(2,3)13-7-5-11(14,6-8-13)9-12-4/h12,14H,5-9H2,1-4H3. The van der Waals surface area contributed by atoms with Crippen LogP contribution in [0.3, 0.4) is 0 Å². The summed E-state index contributed by atoms with van der Waals surface area (Å²) in [7, 11) is 1.90. The maximum absolute atomic E-state index is 10.2. The smallest absolute Gasteiger partial charge is 0.0795 e. The molecule has 2 N–H and O–H groups in total. The van der Waals surface area contributed by atoms with E-state index in [1.807, 2.05) is 7.05 Å². The lowest BCUT2D eigenvalue weighted by atomic mass is 9.89. The SMILES string of the molecule is CNCC1(O)CCN(C(C)(C)C)CC1. The van der Waals surface area contributed by atoms with Crippen LogP contribution in [-0.4, -0.2) is 47.8 Å². The average molecular weight is 200 g/mol. The van der Waals surface area contributed by atoms with E-state index in [1.165, 1.54) is 0 Å². The molecule has 14 heavy (non-hydrogen) atoms. The second kappa shape index (κ2) is 4.17. The van der Waals surface area contributed by atoms with E-state index in [0.717, 1.165) is 25.9 Å². The quantitative estimate of drug-likeness (QED) is 0.693. The molecule has 1 aliphatic heterocycles. The summed E-state index contributed by atoms with van der Waals surface area (Å²) in [5, 5.41) is 13.2. The number of nitrogens with one attached hydrogen (secondary N) is 1. The zero-order valence-corrected chi connectivity index (χ0v) is 9.93. The Kier molecular flexibility index (Phi) is 3.56. The van der Waals surface area contributed by atoms with Crippen LogP contribution in [0.5, 0.6) is 0 Å². The first-order chi connectivity index (χ1) is 6.37. The number of aliphatic hydroxyl groups is 1. The van der Waals surface area contributed by atoms with Gasteiger partial charge in [0.25, 0.3) is 0 Å². The van der Waals surface area contributed by atoms with Gasteiger partial charge in [-0.3, -0.25) is 4.90 Å². The van der Waals surface area contributed by atoms with Crippen LogP contribution in [0.15, 0.2) is 0 Å². The van der Waals surface area contributed by atoms with Gasteiger partial charge in [0.2, 0.25) is 0 Å². The molecule has 0 radical (unpaired) electrons. The summed E-state index contributed by atoms with van der Waals surface area (Å²) >= 11 is 0. The van der Waals surface area contributed by atoms with Gasteiger partial charge in [-0.1, -0.05) is 0 Å². The minimum absolute atomic E-state index is 0.237. The van der Waals surface area contributed by atoms with Gasteiger partial charge in [-0.15, -0.1) is 0 Å². The van der Waals surface area contributed by atoms with Crippen LogP contribution in [0.4, 0.5) is 0 Å². The van der Waals surface area contributed by atoms with Crippen LogP contribution in [0.25, 0.3) is 0 Å². The molecular weight excluding hydrogens is 176 g/mol. The van der Waals surface area contributed by atoms with Crippen molar-refractivity contribution >= 4 is 0 Å². The first-order valence-corrected chi connectivity index (χ1v) is 5.49. The van der Waals surface area contributed by atoms with E-state index in [-0.39, 0.29) is 5.54 Å². The second-order valence-electron chi connectivity index (χ2n) is 5.41. The van der Waals surface area contributed by atoms with E-state index in [0.29, 0.717) is 6.54 Å². The third kappa shape index (κ3) is 2.94. The molecule has 0 atom stereocenters. The highest BCUT2D eigenvalue weighted by Crippen LogP contribution is 2.26. The largest absolute Gasteiger partial charge is 0.388 e. The fraction of sp³-hybridized carbons (Fsp3) is 1.00. The lowest BCUT2D eigenvalue weighted by molar-refractivity contribution is -0.0391. The van der Waals surface area contributed by atoms with Gasteiger partial charge >= 0.3 is 0 Å². The molecule has 3 heteroatoms. The summed E-state index contributed by atoms with van der Waals surface area (Å²) in [6.45, 7) is 9.41. The third-order valence-electron chi connectivity index (χ3n) is 3.15. The molecule has 0 amide bonds. The molecule has 1 rings (SSSR count). The van der Waals surface area contributed by atoms with Gasteiger partial charge in [0, 0.05) is 25.2 Å². The Hall–Kier alpha value is -0.120. The lowest BCUT2D eigenvalue weighted by Gasteiger charge is -2.44. The van der Waals surface area contributed by atoms with E-state index >= 15 is 0 Å². The van der Waals surface area contributed by atoms with Gasteiger partial charge in [-0.25, -0.2) is 0 Å². The van der Waals surface area contributed by atoms with Crippen LogP contribution in [0.1, 0.15) is 33.6 Å². The zero-order chi connectivity index (χ0) is 10.8. The summed E-state index contributed by atoms with van der Waals surface area (Å²) in [4.78, 5) is 2.44. The Morgan fingerprint density at radius 3 is 2.14 bits per heavy atom. The van der Waals surface area contributed by atoms with E-state index in [1.54, 1.807) is 0 Å². The van der Waals surface area contributed by atoms with Crippen molar-refractivity contribution in [3.05, 3.63) is 0 Å². The second-order valence-corrected chi connectivity index (χ2v) is 5.41. The van der Waals surface area contributed by atoms with Crippen LogP contribution in [0.2, 0.25) is 0 Å². The zero-order valence-electron chi connectivity index (χ0n) is 9.93. The van der Waals surface area contributed by atoms with Crippen LogP contribution in [0, 0.1) is 0 Å². The number of likely N-dealkylation sites (N-methyl/N-ethyl adjacent to an activating group) is 1. The van der Waals surface area contributed by atoms with Gasteiger partial charge < -0.3 is 10.4 Å². The van der Waals surface area contributed by atoms with Gasteiger partial charge in [0.1, 0.15) is 0 Å². The van der Waals surface area contributed by atoms with Crippen molar-refractivity contribution < 1.29 is 5.11 Å². The molecule has 1 heterocycles. The summed E-state index contributed by atoms with van der Waals surface area (Å²) in [5.41, 5.74) is -0.239. The van der Waals surface area contributed by atoms with Crippen molar-refractivity contribution in [3.63, 3.8) is 0 Å². The summed E-state index contributed by atoms with van der Waals surface area (Å²) in [5.74, 6) is 0. The fourth-order valence-electron chi connectivity index (χ4n) is 2.10. The molecule has 0 spiro atoms. The molecule has 0 unspecified atom stereocenters. The van der Waals surface area contributed by atoms with Crippen LogP contribution < -0.4 is 5.32 Å². The molecule has 3 nitrogen and oxygen atoms in total. The molecule has 1 saturated heterocycles. The van der Waals surface area contributed by atoms with E-state index < -0.39 is 5.60 Å². The van der Waals surface area contributed by atoms with Crippen molar-refractivity contribution in [2.45, 2.75) is 44.8 Å². The molecule has 0 saturated carbocycles. The third-order valence-corrected chi connectivity index (χ3v) is 3.15. The maximum atomic E-state index is 10.2. The molecule has 0 aromatic carbocycles. The Labute approximate surface area is 87.5 Å². The number of rotatable bonds is 2. The molecule has 0 aromatic heterocycles. The van der Waals surface area contributed by atoms with Gasteiger partial charge in [-0.05, 0) is 40.7 Å². The van der Waals surface area contributed by atoms with E-state index in [4.69, 9.17) is 0 Å². The van der Waals surface area contributed by atoms with Crippen molar-refractivity contribution in [1.29, 1.82) is 0 Å². The Morgan fingerprint density at radius 2 is 1.79 bits per heavy atom. The summed E-state index contributed by atoms with van der Waals surface area (Å²) in [6.07, 6.45) is 1.76. The van der Waals surface area contributed by atoms with Crippen molar-refractivity contribution in [3.8, 4) is 0 Å². The van der Waals surface area contributed by atoms with Crippen molar-refractivity contribution in [2.75, 3.05) is 26.7 Å². The predicted octanol–water partition coefficient (Wildman–Crippen LogP) is 0.831. The molecule has 1 aliphatic rings. The number of hydrogen-bond donors (Lipinski definition) is 2. The Morgan fingerprint density at radius 1 is 1.29 bits per heavy atom. The Bertz CT molecular complexity index is 178. The molecule has 84 valence electrons. The van der Waals surface area contributed by atoms with E-state index in [9.17, 15) is 5.11 Å². The van der Waals surface area contributed by atoms with Gasteiger partial charge in [-0.2, -0.15) is 0 Å². The highest BCUT2D eigenvalue weighted by molar-refractivity contribution is 4.90. The van der Waals surface area contributed by atoms with Crippen LogP contribution in [-0.2, 0) is 0 Å². The highest BCUT2D eigenvalue weighted by atomic mass is 16.3. The predicted molar refractivity (Wildman–Crippen MR) is 59.4 cm³/mol. The fourth-order valence-corrected chi connectivity index (χ4v) is 2.10. The molecule has 1 fully saturated rings. The molecule has 0 bridgehead atoms. The van der Waals surface area contributed by atoms with Gasteiger partial charge in [0.05, 0.1) is 5.60 Å². The first kappa shape index (κ1) is 12.0. The van der Waals surface area contributed by atoms with Crippen molar-refractivity contribution in [1.82, 2.24) is 10.2 Å². The molecule has 0 aliphatic carbocycles. The average Bonchev–Trinajstić information content (AvgIpc) is 2.03. The normalized spacial score (nSPS) is 23.8. The number of piperidine rings is 1. The first-order valence-electron chi connectivity index (χ1n) is 5.49. The monoisotopic (exact) mass is 200 g/mol. The Balaban J connectivity index is 2.45. The van der Waals surface area contributed by atoms with Gasteiger partial charge in [0.15, 0.2) is 0 Å². The number of hydrogen-bond acceptors (Lipinski definition) is 3. The number of likely N-dealkylation sites (tertiary alicyclic amines) is 1. The minimum Gasteiger partial charge on any atom is -0.388 e.